The predicted molar refractivity (Wildman–Crippen MR) is 121 cm³/mol. The summed E-state index contributed by atoms with van der Waals surface area (Å²) in [6, 6.07) is 15.7. The summed E-state index contributed by atoms with van der Waals surface area (Å²) in [7, 11) is 3.68. The third-order valence-corrected chi connectivity index (χ3v) is 6.65. The van der Waals surface area contributed by atoms with E-state index in [1.807, 2.05) is 48.2 Å². The topological polar surface area (TPSA) is 85.1 Å². The van der Waals surface area contributed by atoms with E-state index >= 15 is 0 Å². The number of halogens is 1. The van der Waals surface area contributed by atoms with E-state index in [1.54, 1.807) is 12.1 Å². The van der Waals surface area contributed by atoms with E-state index in [4.69, 9.17) is 0 Å². The molecule has 1 aromatic heterocycles. The number of Topliss-reactive ketones (excluding diaryl/α,β-unsaturated/α-hetero) is 1. The molecule has 0 amide bonds. The number of benzene rings is 2. The smallest absolute Gasteiger partial charge is 0.210 e. The van der Waals surface area contributed by atoms with Crippen molar-refractivity contribution in [1.82, 2.24) is 10.2 Å². The first kappa shape index (κ1) is 20.8. The van der Waals surface area contributed by atoms with Crippen LogP contribution in [0.2, 0.25) is 0 Å². The predicted octanol–water partition coefficient (Wildman–Crippen LogP) is 4.40. The number of carbonyl (C=O) groups excluding carboxylic acids is 1. The van der Waals surface area contributed by atoms with Gasteiger partial charge in [-0.2, -0.15) is 5.26 Å². The molecular weight excluding hydrogens is 435 g/mol. The van der Waals surface area contributed by atoms with Crippen molar-refractivity contribution in [3.63, 3.8) is 0 Å². The van der Waals surface area contributed by atoms with Gasteiger partial charge in [0.25, 0.3) is 0 Å². The molecule has 0 saturated heterocycles. The number of nitrogens with one attached hydrogen (secondary N) is 1. The normalized spacial score (nSPS) is 12.5. The van der Waals surface area contributed by atoms with Crippen molar-refractivity contribution < 1.29 is 9.18 Å². The molecule has 0 radical (unpaired) electrons. The van der Waals surface area contributed by atoms with Gasteiger partial charge in [0.1, 0.15) is 23.3 Å². The van der Waals surface area contributed by atoms with Crippen LogP contribution in [0.1, 0.15) is 0 Å². The molecule has 31 heavy (non-hydrogen) atoms. The highest BCUT2D eigenvalue weighted by molar-refractivity contribution is 8.01. The maximum atomic E-state index is 13.0. The number of thioether (sulfide) groups is 1. The average molecular weight is 453 g/mol. The Morgan fingerprint density at radius 2 is 1.77 bits per heavy atom. The van der Waals surface area contributed by atoms with Gasteiger partial charge in [0.15, 0.2) is 10.1 Å². The second kappa shape index (κ2) is 8.75. The van der Waals surface area contributed by atoms with E-state index in [-0.39, 0.29) is 22.9 Å². The second-order valence-electron chi connectivity index (χ2n) is 6.63. The molecule has 2 aromatic carbocycles. The van der Waals surface area contributed by atoms with Crippen molar-refractivity contribution in [3.05, 3.63) is 65.7 Å². The summed E-state index contributed by atoms with van der Waals surface area (Å²) in [6.45, 7) is 0. The van der Waals surface area contributed by atoms with Gasteiger partial charge in [-0.1, -0.05) is 35.2 Å². The van der Waals surface area contributed by atoms with E-state index in [0.717, 1.165) is 11.4 Å². The lowest BCUT2D eigenvalue weighted by Crippen LogP contribution is -2.26. The Bertz CT molecular complexity index is 1170. The zero-order valence-electron chi connectivity index (χ0n) is 16.7. The summed E-state index contributed by atoms with van der Waals surface area (Å²) >= 11 is 2.50. The molecule has 1 aliphatic rings. The Hall–Kier alpha value is -3.42. The van der Waals surface area contributed by atoms with Crippen LogP contribution in [0, 0.1) is 17.1 Å². The Labute approximate surface area is 186 Å². The number of anilines is 4. The quantitative estimate of drug-likeness (QED) is 0.335. The summed E-state index contributed by atoms with van der Waals surface area (Å²) in [5.74, 6) is 0.0272. The van der Waals surface area contributed by atoms with Crippen LogP contribution in [-0.4, -0.2) is 35.8 Å². The fraction of sp³-hybridized carbons (Fsp3) is 0.143. The molecule has 3 aromatic rings. The van der Waals surface area contributed by atoms with Crippen molar-refractivity contribution in [3.8, 4) is 6.07 Å². The van der Waals surface area contributed by atoms with E-state index < -0.39 is 0 Å². The number of aromatic nitrogens is 2. The van der Waals surface area contributed by atoms with Crippen LogP contribution in [0.15, 0.2) is 64.3 Å². The molecule has 2 heterocycles. The summed E-state index contributed by atoms with van der Waals surface area (Å²) in [5.41, 5.74) is 2.67. The molecular formula is C21H17FN6OS2. The standard InChI is InChI=1S/C21H17FN6OS2/c1-27-16-5-3-4-6-17(16)28(2)19(27)15(11-23)18(29)12-30-21-26-25-20(31-21)24-14-9-7-13(22)8-10-14/h3-10H,12H2,1-2H3,(H,24,25). The van der Waals surface area contributed by atoms with Gasteiger partial charge in [-0.25, -0.2) is 4.39 Å². The zero-order chi connectivity index (χ0) is 22.0. The Morgan fingerprint density at radius 1 is 1.13 bits per heavy atom. The molecule has 7 nitrogen and oxygen atoms in total. The molecule has 0 saturated carbocycles. The highest BCUT2D eigenvalue weighted by Crippen LogP contribution is 2.40. The third kappa shape index (κ3) is 4.23. The van der Waals surface area contributed by atoms with E-state index in [2.05, 4.69) is 21.6 Å². The number of allylic oxidation sites excluding steroid dienone is 1. The van der Waals surface area contributed by atoms with Crippen molar-refractivity contribution in [2.45, 2.75) is 4.34 Å². The number of rotatable bonds is 6. The largest absolute Gasteiger partial charge is 0.330 e. The molecule has 1 aliphatic heterocycles. The lowest BCUT2D eigenvalue weighted by molar-refractivity contribution is -0.112. The summed E-state index contributed by atoms with van der Waals surface area (Å²) in [6.07, 6.45) is 0. The fourth-order valence-corrected chi connectivity index (χ4v) is 4.88. The Balaban J connectivity index is 1.45. The van der Waals surface area contributed by atoms with Gasteiger partial charge >= 0.3 is 0 Å². The van der Waals surface area contributed by atoms with Crippen LogP contribution >= 0.6 is 23.1 Å². The summed E-state index contributed by atoms with van der Waals surface area (Å²) in [4.78, 5) is 16.6. The molecule has 0 spiro atoms. The highest BCUT2D eigenvalue weighted by atomic mass is 32.2. The van der Waals surface area contributed by atoms with E-state index in [9.17, 15) is 14.4 Å². The molecule has 0 fully saturated rings. The molecule has 0 unspecified atom stereocenters. The Morgan fingerprint density at radius 3 is 2.39 bits per heavy atom. The summed E-state index contributed by atoms with van der Waals surface area (Å²) in [5, 5.41) is 21.4. The SMILES string of the molecule is CN1C(=C(C#N)C(=O)CSc2nnc(Nc3ccc(F)cc3)s2)N(C)c2ccccc21. The van der Waals surface area contributed by atoms with Crippen LogP contribution in [-0.2, 0) is 4.79 Å². The van der Waals surface area contributed by atoms with Crippen molar-refractivity contribution in [2.24, 2.45) is 0 Å². The molecule has 10 heteroatoms. The molecule has 0 bridgehead atoms. The van der Waals surface area contributed by atoms with Gasteiger partial charge in [0.05, 0.1) is 17.1 Å². The lowest BCUT2D eigenvalue weighted by atomic mass is 10.2. The number of hydrogen-bond donors (Lipinski definition) is 1. The first-order chi connectivity index (χ1) is 15.0. The van der Waals surface area contributed by atoms with Crippen LogP contribution in [0.5, 0.6) is 0 Å². The number of hydrogen-bond acceptors (Lipinski definition) is 9. The average Bonchev–Trinajstić information content (AvgIpc) is 3.32. The minimum Gasteiger partial charge on any atom is -0.330 e. The number of para-hydroxylation sites is 2. The first-order valence-corrected chi connectivity index (χ1v) is 11.0. The highest BCUT2D eigenvalue weighted by Gasteiger charge is 2.31. The molecule has 156 valence electrons. The van der Waals surface area contributed by atoms with Crippen molar-refractivity contribution in [2.75, 3.05) is 35.0 Å². The van der Waals surface area contributed by atoms with E-state index in [1.165, 1.54) is 35.2 Å². The van der Waals surface area contributed by atoms with Crippen LogP contribution in [0.25, 0.3) is 0 Å². The van der Waals surface area contributed by atoms with Gasteiger partial charge in [0, 0.05) is 19.8 Å². The molecule has 1 N–H and O–H groups in total. The number of ketones is 1. The third-order valence-electron chi connectivity index (χ3n) is 4.68. The van der Waals surface area contributed by atoms with E-state index in [0.29, 0.717) is 21.0 Å². The zero-order valence-corrected chi connectivity index (χ0v) is 18.3. The monoisotopic (exact) mass is 452 g/mol. The maximum absolute atomic E-state index is 13.0. The van der Waals surface area contributed by atoms with Gasteiger partial charge in [-0.15, -0.1) is 10.2 Å². The first-order valence-electron chi connectivity index (χ1n) is 9.21. The van der Waals surface area contributed by atoms with Crippen molar-refractivity contribution in [1.29, 1.82) is 5.26 Å². The molecule has 0 aliphatic carbocycles. The number of nitrogens with zero attached hydrogens (tertiary/aromatic N) is 5. The molecule has 4 rings (SSSR count). The second-order valence-corrected chi connectivity index (χ2v) is 8.83. The number of carbonyl (C=O) groups is 1. The number of nitriles is 1. The van der Waals surface area contributed by atoms with Crippen LogP contribution in [0.3, 0.4) is 0 Å². The Kier molecular flexibility index (Phi) is 5.88. The maximum Gasteiger partial charge on any atom is 0.210 e. The molecule has 0 atom stereocenters. The van der Waals surface area contributed by atoms with Crippen LogP contribution < -0.4 is 15.1 Å². The van der Waals surface area contributed by atoms with Gasteiger partial charge in [-0.3, -0.25) is 4.79 Å². The van der Waals surface area contributed by atoms with Gasteiger partial charge < -0.3 is 15.1 Å². The summed E-state index contributed by atoms with van der Waals surface area (Å²) < 4.78 is 13.6. The van der Waals surface area contributed by atoms with Crippen molar-refractivity contribution >= 4 is 51.1 Å². The minimum absolute atomic E-state index is 0.0651. The fourth-order valence-electron chi connectivity index (χ4n) is 3.23. The van der Waals surface area contributed by atoms with Gasteiger partial charge in [-0.05, 0) is 36.4 Å². The minimum atomic E-state index is -0.318. The van der Waals surface area contributed by atoms with Gasteiger partial charge in [0.2, 0.25) is 5.13 Å². The van der Waals surface area contributed by atoms with Crippen LogP contribution in [0.4, 0.5) is 26.6 Å². The lowest BCUT2D eigenvalue weighted by Gasteiger charge is -2.19. The number of fused-ring (bicyclic) bond motifs is 1.